The lowest BCUT2D eigenvalue weighted by molar-refractivity contribution is -0.124. The number of carbonyl (C=O) groups is 2. The minimum atomic E-state index is -0.0596. The van der Waals surface area contributed by atoms with E-state index in [4.69, 9.17) is 9.47 Å². The van der Waals surface area contributed by atoms with Gasteiger partial charge in [-0.2, -0.15) is 0 Å². The number of hydrogen-bond acceptors (Lipinski definition) is 4. The number of nitrogens with one attached hydrogen (secondary N) is 1. The van der Waals surface area contributed by atoms with Crippen molar-refractivity contribution in [2.24, 2.45) is 11.8 Å². The van der Waals surface area contributed by atoms with Crippen molar-refractivity contribution < 1.29 is 19.1 Å². The van der Waals surface area contributed by atoms with Gasteiger partial charge in [0.1, 0.15) is 0 Å². The van der Waals surface area contributed by atoms with Gasteiger partial charge in [-0.15, -0.1) is 0 Å². The Hall–Kier alpha value is -2.24. The first-order chi connectivity index (χ1) is 12.0. The van der Waals surface area contributed by atoms with Gasteiger partial charge in [0.2, 0.25) is 5.91 Å². The summed E-state index contributed by atoms with van der Waals surface area (Å²) in [5.41, 5.74) is 0.508. The minimum Gasteiger partial charge on any atom is -0.493 e. The zero-order valence-electron chi connectivity index (χ0n) is 15.5. The largest absolute Gasteiger partial charge is 0.493 e. The molecular weight excluding hydrogens is 320 g/mol. The highest BCUT2D eigenvalue weighted by Crippen LogP contribution is 2.32. The molecule has 1 atom stereocenters. The third-order valence-corrected chi connectivity index (χ3v) is 4.53. The van der Waals surface area contributed by atoms with E-state index in [-0.39, 0.29) is 23.7 Å². The number of hydrogen-bond donors (Lipinski definition) is 1. The van der Waals surface area contributed by atoms with E-state index in [2.05, 4.69) is 5.32 Å². The van der Waals surface area contributed by atoms with Gasteiger partial charge in [0.05, 0.1) is 19.8 Å². The SMILES string of the molecule is COc1cccc(C(=O)N2CCC[C@@H](CNC(=O)C(C)C)C2)c1OC. The molecule has 0 unspecified atom stereocenters. The molecule has 2 amide bonds. The van der Waals surface area contributed by atoms with Crippen LogP contribution >= 0.6 is 0 Å². The summed E-state index contributed by atoms with van der Waals surface area (Å²) in [6.07, 6.45) is 1.94. The molecule has 1 aliphatic rings. The van der Waals surface area contributed by atoms with Crippen molar-refractivity contribution in [1.29, 1.82) is 0 Å². The second-order valence-electron chi connectivity index (χ2n) is 6.70. The van der Waals surface area contributed by atoms with Crippen LogP contribution in [0.4, 0.5) is 0 Å². The molecule has 0 aliphatic carbocycles. The first-order valence-corrected chi connectivity index (χ1v) is 8.75. The maximum atomic E-state index is 12.9. The van der Waals surface area contributed by atoms with Crippen LogP contribution in [0.3, 0.4) is 0 Å². The van der Waals surface area contributed by atoms with Crippen LogP contribution < -0.4 is 14.8 Å². The van der Waals surface area contributed by atoms with Gasteiger partial charge in [0.15, 0.2) is 11.5 Å². The van der Waals surface area contributed by atoms with Crippen LogP contribution in [-0.2, 0) is 4.79 Å². The molecule has 25 heavy (non-hydrogen) atoms. The second kappa shape index (κ2) is 8.74. The molecule has 0 saturated carbocycles. The normalized spacial score (nSPS) is 17.3. The lowest BCUT2D eigenvalue weighted by Gasteiger charge is -2.33. The third kappa shape index (κ3) is 4.65. The average Bonchev–Trinajstić information content (AvgIpc) is 2.64. The fourth-order valence-corrected chi connectivity index (χ4v) is 3.09. The van der Waals surface area contributed by atoms with Gasteiger partial charge < -0.3 is 19.7 Å². The highest BCUT2D eigenvalue weighted by Gasteiger charge is 2.27. The monoisotopic (exact) mass is 348 g/mol. The quantitative estimate of drug-likeness (QED) is 0.857. The number of piperidine rings is 1. The third-order valence-electron chi connectivity index (χ3n) is 4.53. The highest BCUT2D eigenvalue weighted by molar-refractivity contribution is 5.97. The van der Waals surface area contributed by atoms with E-state index in [1.807, 2.05) is 18.7 Å². The molecule has 1 aromatic rings. The molecule has 0 aromatic heterocycles. The maximum Gasteiger partial charge on any atom is 0.257 e. The zero-order chi connectivity index (χ0) is 18.4. The van der Waals surface area contributed by atoms with E-state index >= 15 is 0 Å². The number of ether oxygens (including phenoxy) is 2. The van der Waals surface area contributed by atoms with E-state index in [0.29, 0.717) is 36.7 Å². The van der Waals surface area contributed by atoms with Crippen LogP contribution in [0.5, 0.6) is 11.5 Å². The van der Waals surface area contributed by atoms with Gasteiger partial charge in [0.25, 0.3) is 5.91 Å². The average molecular weight is 348 g/mol. The van der Waals surface area contributed by atoms with Crippen molar-refractivity contribution in [2.75, 3.05) is 33.9 Å². The summed E-state index contributed by atoms with van der Waals surface area (Å²) in [6, 6.07) is 5.32. The summed E-state index contributed by atoms with van der Waals surface area (Å²) in [4.78, 5) is 26.5. The van der Waals surface area contributed by atoms with Gasteiger partial charge in [-0.25, -0.2) is 0 Å². The maximum absolute atomic E-state index is 12.9. The van der Waals surface area contributed by atoms with Crippen LogP contribution in [0.2, 0.25) is 0 Å². The number of methoxy groups -OCH3 is 2. The van der Waals surface area contributed by atoms with Gasteiger partial charge in [-0.1, -0.05) is 19.9 Å². The highest BCUT2D eigenvalue weighted by atomic mass is 16.5. The zero-order valence-corrected chi connectivity index (χ0v) is 15.5. The summed E-state index contributed by atoms with van der Waals surface area (Å²) in [6.45, 7) is 5.71. The Morgan fingerprint density at radius 2 is 2.04 bits per heavy atom. The van der Waals surface area contributed by atoms with Crippen molar-refractivity contribution in [3.63, 3.8) is 0 Å². The number of amides is 2. The summed E-state index contributed by atoms with van der Waals surface area (Å²) >= 11 is 0. The van der Waals surface area contributed by atoms with Crippen molar-refractivity contribution in [3.8, 4) is 11.5 Å². The first kappa shape index (κ1) is 19.1. The lowest BCUT2D eigenvalue weighted by atomic mass is 9.97. The van der Waals surface area contributed by atoms with Gasteiger partial charge >= 0.3 is 0 Å². The van der Waals surface area contributed by atoms with Gasteiger partial charge in [0, 0.05) is 25.6 Å². The van der Waals surface area contributed by atoms with E-state index in [1.54, 1.807) is 25.3 Å². The molecule has 2 rings (SSSR count). The predicted octanol–water partition coefficient (Wildman–Crippen LogP) is 2.33. The molecule has 1 N–H and O–H groups in total. The van der Waals surface area contributed by atoms with Crippen LogP contribution in [0.25, 0.3) is 0 Å². The summed E-state index contributed by atoms with van der Waals surface area (Å²) in [5, 5.41) is 2.97. The molecule has 0 bridgehead atoms. The standard InChI is InChI=1S/C19H28N2O4/c1-13(2)18(22)20-11-14-7-6-10-21(12-14)19(23)15-8-5-9-16(24-3)17(15)25-4/h5,8-9,13-14H,6-7,10-12H2,1-4H3,(H,20,22)/t14-/m0/s1. The Balaban J connectivity index is 2.06. The molecule has 1 aliphatic heterocycles. The molecule has 1 aromatic carbocycles. The van der Waals surface area contributed by atoms with Crippen LogP contribution in [0, 0.1) is 11.8 Å². The van der Waals surface area contributed by atoms with E-state index in [9.17, 15) is 9.59 Å². The molecule has 0 radical (unpaired) electrons. The molecule has 1 saturated heterocycles. The Bertz CT molecular complexity index is 615. The van der Waals surface area contributed by atoms with Crippen LogP contribution in [0.1, 0.15) is 37.0 Å². The Kier molecular flexibility index (Phi) is 6.67. The lowest BCUT2D eigenvalue weighted by Crippen LogP contribution is -2.44. The Morgan fingerprint density at radius 1 is 1.28 bits per heavy atom. The molecule has 6 heteroatoms. The van der Waals surface area contributed by atoms with Crippen LogP contribution in [-0.4, -0.2) is 50.6 Å². The van der Waals surface area contributed by atoms with E-state index in [0.717, 1.165) is 12.8 Å². The number of rotatable bonds is 6. The minimum absolute atomic E-state index is 0.0256. The summed E-state index contributed by atoms with van der Waals surface area (Å²) in [7, 11) is 3.09. The summed E-state index contributed by atoms with van der Waals surface area (Å²) < 4.78 is 10.7. The van der Waals surface area contributed by atoms with E-state index < -0.39 is 0 Å². The number of likely N-dealkylation sites (tertiary alicyclic amines) is 1. The topological polar surface area (TPSA) is 67.9 Å². The molecule has 138 valence electrons. The Morgan fingerprint density at radius 3 is 2.68 bits per heavy atom. The number of benzene rings is 1. The number of nitrogens with zero attached hydrogens (tertiary/aromatic N) is 1. The molecule has 6 nitrogen and oxygen atoms in total. The van der Waals surface area contributed by atoms with Crippen molar-refractivity contribution in [3.05, 3.63) is 23.8 Å². The molecule has 0 spiro atoms. The predicted molar refractivity (Wildman–Crippen MR) is 96.0 cm³/mol. The second-order valence-corrected chi connectivity index (χ2v) is 6.70. The van der Waals surface area contributed by atoms with E-state index in [1.165, 1.54) is 7.11 Å². The molecule has 1 heterocycles. The number of para-hydroxylation sites is 1. The first-order valence-electron chi connectivity index (χ1n) is 8.75. The van der Waals surface area contributed by atoms with Crippen LogP contribution in [0.15, 0.2) is 18.2 Å². The van der Waals surface area contributed by atoms with Gasteiger partial charge in [-0.05, 0) is 30.9 Å². The summed E-state index contributed by atoms with van der Waals surface area (Å²) in [5.74, 6) is 1.25. The number of carbonyl (C=O) groups excluding carboxylic acids is 2. The Labute approximate surface area is 149 Å². The molecule has 1 fully saturated rings. The van der Waals surface area contributed by atoms with Crippen molar-refractivity contribution >= 4 is 11.8 Å². The van der Waals surface area contributed by atoms with Gasteiger partial charge in [-0.3, -0.25) is 9.59 Å². The fourth-order valence-electron chi connectivity index (χ4n) is 3.09. The van der Waals surface area contributed by atoms with Crippen molar-refractivity contribution in [1.82, 2.24) is 10.2 Å². The van der Waals surface area contributed by atoms with Crippen molar-refractivity contribution in [2.45, 2.75) is 26.7 Å². The molecular formula is C19H28N2O4. The smallest absolute Gasteiger partial charge is 0.257 e. The fraction of sp³-hybridized carbons (Fsp3) is 0.579.